The standard InChI is InChI=1S/C28H25ClF2N2O6/c29-20-7-5-19(6-8-20)28(21-9-10-22(30)23(31)24(21)32-26(28)34)18-3-1-17(2-4-18)25(39-27(35)36)38-16-13-33-11-14-37-15-12-33/h1-10,25H,11-16H2,(H,32,34)(H,35,36). The number of fused-ring (bicyclic) bond motifs is 1. The minimum absolute atomic E-state index is 0.217. The summed E-state index contributed by atoms with van der Waals surface area (Å²) < 4.78 is 44.9. The lowest BCUT2D eigenvalue weighted by Crippen LogP contribution is -2.38. The fraction of sp³-hybridized carbons (Fsp3) is 0.286. The monoisotopic (exact) mass is 558 g/mol. The van der Waals surface area contributed by atoms with E-state index in [4.69, 9.17) is 25.8 Å². The highest BCUT2D eigenvalue weighted by molar-refractivity contribution is 6.30. The molecule has 11 heteroatoms. The zero-order valence-electron chi connectivity index (χ0n) is 20.7. The van der Waals surface area contributed by atoms with Gasteiger partial charge in [0.25, 0.3) is 0 Å². The van der Waals surface area contributed by atoms with Crippen LogP contribution >= 0.6 is 11.6 Å². The molecule has 5 rings (SSSR count). The van der Waals surface area contributed by atoms with Gasteiger partial charge in [-0.3, -0.25) is 9.69 Å². The van der Waals surface area contributed by atoms with Crippen molar-refractivity contribution in [2.45, 2.75) is 11.7 Å². The number of anilines is 1. The van der Waals surface area contributed by atoms with Gasteiger partial charge in [0.1, 0.15) is 5.41 Å². The molecule has 0 bridgehead atoms. The Kier molecular flexibility index (Phi) is 7.81. The Morgan fingerprint density at radius 1 is 1.05 bits per heavy atom. The molecule has 0 aliphatic carbocycles. The quantitative estimate of drug-likeness (QED) is 0.298. The molecule has 0 spiro atoms. The van der Waals surface area contributed by atoms with Crippen LogP contribution in [0.1, 0.15) is 28.5 Å². The van der Waals surface area contributed by atoms with E-state index < -0.39 is 35.4 Å². The molecule has 8 nitrogen and oxygen atoms in total. The Hall–Kier alpha value is -3.57. The first-order valence-electron chi connectivity index (χ1n) is 12.3. The first-order valence-corrected chi connectivity index (χ1v) is 12.7. The molecule has 0 aromatic heterocycles. The Balaban J connectivity index is 1.49. The van der Waals surface area contributed by atoms with Crippen LogP contribution < -0.4 is 5.32 Å². The maximum Gasteiger partial charge on any atom is 0.508 e. The number of nitrogens with one attached hydrogen (secondary N) is 1. The van der Waals surface area contributed by atoms with Crippen molar-refractivity contribution >= 4 is 29.4 Å². The number of halogens is 3. The molecule has 2 N–H and O–H groups in total. The van der Waals surface area contributed by atoms with Crippen molar-refractivity contribution < 1.29 is 37.7 Å². The zero-order valence-corrected chi connectivity index (χ0v) is 21.4. The summed E-state index contributed by atoms with van der Waals surface area (Å²) in [5.41, 5.74) is -0.189. The predicted molar refractivity (Wildman–Crippen MR) is 138 cm³/mol. The van der Waals surface area contributed by atoms with Gasteiger partial charge in [-0.25, -0.2) is 13.6 Å². The Bertz CT molecular complexity index is 1370. The molecule has 3 aromatic rings. The van der Waals surface area contributed by atoms with E-state index in [1.54, 1.807) is 48.5 Å². The minimum Gasteiger partial charge on any atom is -0.450 e. The Morgan fingerprint density at radius 2 is 1.69 bits per heavy atom. The molecule has 2 heterocycles. The molecule has 0 saturated carbocycles. The number of carbonyl (C=O) groups excluding carboxylic acids is 1. The second-order valence-corrected chi connectivity index (χ2v) is 9.59. The molecular formula is C28H25ClF2N2O6. The van der Waals surface area contributed by atoms with Gasteiger partial charge >= 0.3 is 6.16 Å². The SMILES string of the molecule is O=C(O)OC(OCCN1CCOCC1)c1ccc(C2(c3ccc(Cl)cc3)C(=O)Nc3c2ccc(F)c3F)cc1. The Labute approximate surface area is 228 Å². The summed E-state index contributed by atoms with van der Waals surface area (Å²) in [6, 6.07) is 15.3. The fourth-order valence-corrected chi connectivity index (χ4v) is 5.17. The van der Waals surface area contributed by atoms with E-state index in [0.717, 1.165) is 19.2 Å². The van der Waals surface area contributed by atoms with Crippen LogP contribution in [-0.4, -0.2) is 61.5 Å². The maximum absolute atomic E-state index is 14.7. The molecule has 2 unspecified atom stereocenters. The van der Waals surface area contributed by atoms with E-state index in [-0.39, 0.29) is 17.9 Å². The van der Waals surface area contributed by atoms with Gasteiger partial charge in [-0.15, -0.1) is 0 Å². The van der Waals surface area contributed by atoms with Crippen LogP contribution in [0.25, 0.3) is 0 Å². The average molecular weight is 559 g/mol. The van der Waals surface area contributed by atoms with Crippen LogP contribution in [0.15, 0.2) is 60.7 Å². The average Bonchev–Trinajstić information content (AvgIpc) is 3.24. The van der Waals surface area contributed by atoms with E-state index in [1.807, 2.05) is 0 Å². The fourth-order valence-electron chi connectivity index (χ4n) is 5.05. The summed E-state index contributed by atoms with van der Waals surface area (Å²) in [5.74, 6) is -2.81. The third-order valence-corrected chi connectivity index (χ3v) is 7.21. The van der Waals surface area contributed by atoms with E-state index in [9.17, 15) is 23.5 Å². The summed E-state index contributed by atoms with van der Waals surface area (Å²) in [4.78, 5) is 27.1. The van der Waals surface area contributed by atoms with Gasteiger partial charge in [0, 0.05) is 35.8 Å². The van der Waals surface area contributed by atoms with Crippen molar-refractivity contribution in [1.29, 1.82) is 0 Å². The van der Waals surface area contributed by atoms with Gasteiger partial charge in [-0.1, -0.05) is 54.1 Å². The number of nitrogens with zero attached hydrogens (tertiary/aromatic N) is 1. The lowest BCUT2D eigenvalue weighted by molar-refractivity contribution is -0.125. The molecule has 0 radical (unpaired) electrons. The van der Waals surface area contributed by atoms with Crippen LogP contribution in [-0.2, 0) is 24.4 Å². The normalized spacial score (nSPS) is 19.8. The highest BCUT2D eigenvalue weighted by Gasteiger charge is 2.51. The summed E-state index contributed by atoms with van der Waals surface area (Å²) in [6.45, 7) is 3.54. The van der Waals surface area contributed by atoms with Gasteiger partial charge in [0.15, 0.2) is 11.6 Å². The van der Waals surface area contributed by atoms with Crippen LogP contribution in [0.4, 0.5) is 19.3 Å². The number of hydrogen-bond donors (Lipinski definition) is 2. The van der Waals surface area contributed by atoms with Gasteiger partial charge in [-0.05, 0) is 29.3 Å². The predicted octanol–water partition coefficient (Wildman–Crippen LogP) is 4.95. The molecular weight excluding hydrogens is 534 g/mol. The first kappa shape index (κ1) is 27.0. The molecule has 2 atom stereocenters. The third-order valence-electron chi connectivity index (χ3n) is 6.96. The number of hydrogen-bond acceptors (Lipinski definition) is 6. The molecule has 2 aliphatic rings. The number of benzene rings is 3. The maximum atomic E-state index is 14.7. The molecule has 1 fully saturated rings. The highest BCUT2D eigenvalue weighted by Crippen LogP contribution is 2.49. The van der Waals surface area contributed by atoms with Crippen LogP contribution in [0.3, 0.4) is 0 Å². The molecule has 2 aliphatic heterocycles. The second kappa shape index (κ2) is 11.3. The van der Waals surface area contributed by atoms with Crippen LogP contribution in [0.5, 0.6) is 0 Å². The van der Waals surface area contributed by atoms with Gasteiger partial charge in [0.05, 0.1) is 25.5 Å². The van der Waals surface area contributed by atoms with Crippen molar-refractivity contribution in [2.24, 2.45) is 0 Å². The number of carboxylic acid groups (broad SMARTS) is 1. The first-order chi connectivity index (χ1) is 18.8. The third kappa shape index (κ3) is 5.20. The van der Waals surface area contributed by atoms with Gasteiger partial charge < -0.3 is 24.6 Å². The summed E-state index contributed by atoms with van der Waals surface area (Å²) >= 11 is 6.09. The lowest BCUT2D eigenvalue weighted by Gasteiger charge is -2.30. The van der Waals surface area contributed by atoms with Crippen molar-refractivity contribution in [3.63, 3.8) is 0 Å². The number of carbonyl (C=O) groups is 2. The number of amides is 1. The largest absolute Gasteiger partial charge is 0.508 e. The van der Waals surface area contributed by atoms with E-state index >= 15 is 0 Å². The summed E-state index contributed by atoms with van der Waals surface area (Å²) in [7, 11) is 0. The zero-order chi connectivity index (χ0) is 27.6. The number of rotatable bonds is 8. The van der Waals surface area contributed by atoms with E-state index in [1.165, 1.54) is 6.07 Å². The van der Waals surface area contributed by atoms with Gasteiger partial charge in [0.2, 0.25) is 12.2 Å². The highest BCUT2D eigenvalue weighted by atomic mass is 35.5. The summed E-state index contributed by atoms with van der Waals surface area (Å²) in [5, 5.41) is 12.2. The van der Waals surface area contributed by atoms with Crippen molar-refractivity contribution in [3.8, 4) is 0 Å². The number of ether oxygens (including phenoxy) is 3. The van der Waals surface area contributed by atoms with Crippen LogP contribution in [0, 0.1) is 11.6 Å². The number of morpholine rings is 1. The minimum atomic E-state index is -1.52. The van der Waals surface area contributed by atoms with E-state index in [0.29, 0.717) is 41.5 Å². The molecule has 1 amide bonds. The summed E-state index contributed by atoms with van der Waals surface area (Å²) in [6.07, 6.45) is -2.71. The van der Waals surface area contributed by atoms with Crippen molar-refractivity contribution in [2.75, 3.05) is 44.8 Å². The second-order valence-electron chi connectivity index (χ2n) is 9.16. The Morgan fingerprint density at radius 3 is 2.33 bits per heavy atom. The van der Waals surface area contributed by atoms with E-state index in [2.05, 4.69) is 10.2 Å². The van der Waals surface area contributed by atoms with Gasteiger partial charge in [-0.2, -0.15) is 0 Å². The molecule has 3 aromatic carbocycles. The topological polar surface area (TPSA) is 97.3 Å². The molecule has 1 saturated heterocycles. The molecule has 39 heavy (non-hydrogen) atoms. The molecule has 204 valence electrons. The van der Waals surface area contributed by atoms with Crippen LogP contribution in [0.2, 0.25) is 5.02 Å². The smallest absolute Gasteiger partial charge is 0.450 e. The van der Waals surface area contributed by atoms with Crippen molar-refractivity contribution in [1.82, 2.24) is 4.90 Å². The van der Waals surface area contributed by atoms with Crippen molar-refractivity contribution in [3.05, 3.63) is 99.6 Å². The lowest BCUT2D eigenvalue weighted by atomic mass is 9.70.